The van der Waals surface area contributed by atoms with Gasteiger partial charge in [-0.05, 0) is 17.5 Å². The zero-order chi connectivity index (χ0) is 13.1. The predicted molar refractivity (Wildman–Crippen MR) is 79.6 cm³/mol. The number of methoxy groups -OCH3 is 2. The highest BCUT2D eigenvalue weighted by atomic mass is 79.9. The number of alkyl halides is 1. The van der Waals surface area contributed by atoms with Gasteiger partial charge in [-0.2, -0.15) is 0 Å². The molecule has 1 atom stereocenters. The van der Waals surface area contributed by atoms with Gasteiger partial charge in [-0.3, -0.25) is 0 Å². The molecule has 0 N–H and O–H groups in total. The van der Waals surface area contributed by atoms with Gasteiger partial charge in [0.15, 0.2) is 0 Å². The number of thiophene rings is 1. The Balaban J connectivity index is 2.41. The van der Waals surface area contributed by atoms with Gasteiger partial charge in [0.05, 0.1) is 24.1 Å². The Labute approximate surface area is 124 Å². The Morgan fingerprint density at radius 1 is 1.22 bits per heavy atom. The average Bonchev–Trinajstić information content (AvgIpc) is 2.83. The topological polar surface area (TPSA) is 18.5 Å². The summed E-state index contributed by atoms with van der Waals surface area (Å²) in [6, 6.07) is 7.65. The molecule has 0 bridgehead atoms. The van der Waals surface area contributed by atoms with Crippen molar-refractivity contribution in [2.75, 3.05) is 14.2 Å². The maximum Gasteiger partial charge on any atom is 0.127 e. The summed E-state index contributed by atoms with van der Waals surface area (Å²) in [4.78, 5) is 1.09. The number of hydrogen-bond donors (Lipinski definition) is 0. The van der Waals surface area contributed by atoms with Gasteiger partial charge in [0.1, 0.15) is 11.5 Å². The predicted octanol–water partition coefficient (Wildman–Crippen LogP) is 4.90. The largest absolute Gasteiger partial charge is 0.497 e. The smallest absolute Gasteiger partial charge is 0.127 e. The Hall–Kier alpha value is -0.710. The van der Waals surface area contributed by atoms with Crippen LogP contribution in [0.25, 0.3) is 0 Å². The van der Waals surface area contributed by atoms with Crippen molar-refractivity contribution in [3.63, 3.8) is 0 Å². The summed E-state index contributed by atoms with van der Waals surface area (Å²) in [6.45, 7) is 0. The molecule has 0 amide bonds. The molecule has 0 spiro atoms. The average molecular weight is 348 g/mol. The van der Waals surface area contributed by atoms with Crippen LogP contribution in [0.2, 0.25) is 5.02 Å². The van der Waals surface area contributed by atoms with Crippen molar-refractivity contribution in [2.24, 2.45) is 0 Å². The lowest BCUT2D eigenvalue weighted by Crippen LogP contribution is -1.96. The summed E-state index contributed by atoms with van der Waals surface area (Å²) in [5.74, 6) is 1.55. The molecule has 0 radical (unpaired) electrons. The summed E-state index contributed by atoms with van der Waals surface area (Å²) in [6.07, 6.45) is 0. The molecule has 18 heavy (non-hydrogen) atoms. The minimum atomic E-state index is 0.0193. The number of hydrogen-bond acceptors (Lipinski definition) is 3. The minimum absolute atomic E-state index is 0.0193. The lowest BCUT2D eigenvalue weighted by Gasteiger charge is -2.14. The van der Waals surface area contributed by atoms with E-state index >= 15 is 0 Å². The number of ether oxygens (including phenoxy) is 2. The Morgan fingerprint density at radius 3 is 2.56 bits per heavy atom. The van der Waals surface area contributed by atoms with Crippen LogP contribution in [-0.2, 0) is 0 Å². The van der Waals surface area contributed by atoms with E-state index in [0.717, 1.165) is 27.0 Å². The second-order valence-electron chi connectivity index (χ2n) is 3.60. The fourth-order valence-corrected chi connectivity index (χ4v) is 3.89. The van der Waals surface area contributed by atoms with Gasteiger partial charge in [-0.1, -0.05) is 33.6 Å². The van der Waals surface area contributed by atoms with Crippen LogP contribution in [0.5, 0.6) is 11.5 Å². The van der Waals surface area contributed by atoms with Crippen LogP contribution in [0.15, 0.2) is 29.6 Å². The number of benzene rings is 1. The van der Waals surface area contributed by atoms with Crippen LogP contribution >= 0.6 is 38.9 Å². The first-order chi connectivity index (χ1) is 8.67. The SMILES string of the molecule is COc1ccc(C(Br)c2sccc2Cl)c(OC)c1. The molecule has 1 heterocycles. The molecule has 1 aromatic heterocycles. The van der Waals surface area contributed by atoms with Crippen molar-refractivity contribution in [2.45, 2.75) is 4.83 Å². The molecule has 0 aliphatic heterocycles. The lowest BCUT2D eigenvalue weighted by molar-refractivity contribution is 0.391. The lowest BCUT2D eigenvalue weighted by atomic mass is 10.1. The summed E-state index contributed by atoms with van der Waals surface area (Å²) >= 11 is 11.4. The summed E-state index contributed by atoms with van der Waals surface area (Å²) in [5, 5.41) is 2.74. The van der Waals surface area contributed by atoms with Crippen molar-refractivity contribution >= 4 is 38.9 Å². The third-order valence-corrected chi connectivity index (χ3v) is 5.27. The standard InChI is InChI=1S/C13H12BrClO2S/c1-16-8-3-4-9(11(7-8)17-2)12(14)13-10(15)5-6-18-13/h3-7,12H,1-2H3. The first-order valence-electron chi connectivity index (χ1n) is 5.26. The minimum Gasteiger partial charge on any atom is -0.497 e. The van der Waals surface area contributed by atoms with Gasteiger partial charge in [0.25, 0.3) is 0 Å². The van der Waals surface area contributed by atoms with E-state index in [1.807, 2.05) is 29.6 Å². The molecule has 2 aromatic rings. The van der Waals surface area contributed by atoms with Crippen LogP contribution in [-0.4, -0.2) is 14.2 Å². The van der Waals surface area contributed by atoms with Gasteiger partial charge in [0.2, 0.25) is 0 Å². The Bertz CT molecular complexity index is 542. The van der Waals surface area contributed by atoms with Crippen LogP contribution in [0.1, 0.15) is 15.3 Å². The molecule has 1 aromatic carbocycles. The van der Waals surface area contributed by atoms with Gasteiger partial charge in [0, 0.05) is 16.5 Å². The third-order valence-electron chi connectivity index (χ3n) is 2.59. The van der Waals surface area contributed by atoms with E-state index in [2.05, 4.69) is 15.9 Å². The molecule has 0 saturated heterocycles. The van der Waals surface area contributed by atoms with E-state index in [1.54, 1.807) is 25.6 Å². The van der Waals surface area contributed by atoms with Gasteiger partial charge in [-0.15, -0.1) is 11.3 Å². The normalized spacial score (nSPS) is 12.2. The van der Waals surface area contributed by atoms with Gasteiger partial charge < -0.3 is 9.47 Å². The van der Waals surface area contributed by atoms with E-state index in [1.165, 1.54) is 0 Å². The van der Waals surface area contributed by atoms with Crippen LogP contribution in [0.4, 0.5) is 0 Å². The first-order valence-corrected chi connectivity index (χ1v) is 7.43. The molecule has 0 aliphatic carbocycles. The second-order valence-corrected chi connectivity index (χ2v) is 5.87. The Kier molecular flexibility index (Phi) is 4.54. The summed E-state index contributed by atoms with van der Waals surface area (Å²) in [5.41, 5.74) is 1.03. The number of rotatable bonds is 4. The van der Waals surface area contributed by atoms with Crippen molar-refractivity contribution in [1.29, 1.82) is 0 Å². The quantitative estimate of drug-likeness (QED) is 0.732. The molecule has 0 fully saturated rings. The molecule has 0 aliphatic rings. The maximum atomic E-state index is 6.15. The van der Waals surface area contributed by atoms with Gasteiger partial charge >= 0.3 is 0 Å². The molecule has 2 rings (SSSR count). The van der Waals surface area contributed by atoms with Crippen LogP contribution < -0.4 is 9.47 Å². The molecule has 1 unspecified atom stereocenters. The monoisotopic (exact) mass is 346 g/mol. The van der Waals surface area contributed by atoms with Crippen molar-refractivity contribution in [1.82, 2.24) is 0 Å². The van der Waals surface area contributed by atoms with Crippen molar-refractivity contribution < 1.29 is 9.47 Å². The van der Waals surface area contributed by atoms with E-state index in [0.29, 0.717) is 0 Å². The fraction of sp³-hybridized carbons (Fsp3) is 0.231. The number of halogens is 2. The molecule has 5 heteroatoms. The third kappa shape index (κ3) is 2.66. The van der Waals surface area contributed by atoms with E-state index in [4.69, 9.17) is 21.1 Å². The summed E-state index contributed by atoms with van der Waals surface area (Å²) < 4.78 is 10.6. The maximum absolute atomic E-state index is 6.15. The first kappa shape index (κ1) is 13.7. The van der Waals surface area contributed by atoms with Crippen molar-refractivity contribution in [3.8, 4) is 11.5 Å². The highest BCUT2D eigenvalue weighted by Crippen LogP contribution is 2.43. The fourth-order valence-electron chi connectivity index (χ4n) is 1.66. The van der Waals surface area contributed by atoms with Gasteiger partial charge in [-0.25, -0.2) is 0 Å². The van der Waals surface area contributed by atoms with Crippen molar-refractivity contribution in [3.05, 3.63) is 45.1 Å². The molecule has 2 nitrogen and oxygen atoms in total. The highest BCUT2D eigenvalue weighted by Gasteiger charge is 2.19. The zero-order valence-electron chi connectivity index (χ0n) is 9.94. The Morgan fingerprint density at radius 2 is 2.00 bits per heavy atom. The molecular formula is C13H12BrClO2S. The highest BCUT2D eigenvalue weighted by molar-refractivity contribution is 9.09. The van der Waals surface area contributed by atoms with E-state index in [9.17, 15) is 0 Å². The molecule has 96 valence electrons. The second kappa shape index (κ2) is 5.95. The van der Waals surface area contributed by atoms with E-state index < -0.39 is 0 Å². The summed E-state index contributed by atoms with van der Waals surface area (Å²) in [7, 11) is 3.28. The van der Waals surface area contributed by atoms with E-state index in [-0.39, 0.29) is 4.83 Å². The zero-order valence-corrected chi connectivity index (χ0v) is 13.1. The van der Waals surface area contributed by atoms with Crippen LogP contribution in [0, 0.1) is 0 Å². The van der Waals surface area contributed by atoms with Crippen LogP contribution in [0.3, 0.4) is 0 Å². The molecular weight excluding hydrogens is 336 g/mol. The molecule has 0 saturated carbocycles.